The second-order valence-electron chi connectivity index (χ2n) is 6.19. The van der Waals surface area contributed by atoms with Crippen LogP contribution in [0.25, 0.3) is 17.1 Å². The van der Waals surface area contributed by atoms with Crippen molar-refractivity contribution in [2.24, 2.45) is 5.73 Å². The Bertz CT molecular complexity index is 1160. The number of halogens is 2. The van der Waals surface area contributed by atoms with Crippen molar-refractivity contribution in [2.45, 2.75) is 12.8 Å². The van der Waals surface area contributed by atoms with Gasteiger partial charge in [0.1, 0.15) is 5.75 Å². The van der Waals surface area contributed by atoms with E-state index in [-0.39, 0.29) is 5.89 Å². The fourth-order valence-electron chi connectivity index (χ4n) is 2.70. The number of aromatic nitrogens is 5. The van der Waals surface area contributed by atoms with Crippen LogP contribution < -0.4 is 10.5 Å². The molecule has 2 aromatic carbocycles. The van der Waals surface area contributed by atoms with Crippen molar-refractivity contribution in [3.63, 3.8) is 0 Å². The summed E-state index contributed by atoms with van der Waals surface area (Å²) < 4.78 is 36.4. The minimum Gasteiger partial charge on any atom is -0.415 e. The molecule has 30 heavy (non-hydrogen) atoms. The zero-order valence-corrected chi connectivity index (χ0v) is 15.3. The molecule has 2 aromatic heterocycles. The number of rotatable bonds is 6. The van der Waals surface area contributed by atoms with E-state index in [9.17, 15) is 13.6 Å². The maximum absolute atomic E-state index is 12.6. The van der Waals surface area contributed by atoms with E-state index >= 15 is 0 Å². The number of carbonyl (C=O) groups is 1. The van der Waals surface area contributed by atoms with Crippen LogP contribution in [0.4, 0.5) is 13.6 Å². The van der Waals surface area contributed by atoms with E-state index in [4.69, 9.17) is 14.9 Å². The number of benzene rings is 2. The van der Waals surface area contributed by atoms with Gasteiger partial charge in [-0.1, -0.05) is 17.3 Å². The number of nitrogens with zero attached hydrogens (tertiary/aromatic N) is 5. The van der Waals surface area contributed by atoms with Gasteiger partial charge in [-0.2, -0.15) is 8.78 Å². The highest BCUT2D eigenvalue weighted by molar-refractivity contribution is 5.68. The second kappa shape index (κ2) is 8.07. The molecule has 0 aliphatic rings. The Hall–Kier alpha value is -4.15. The Morgan fingerprint density at radius 1 is 1.07 bits per heavy atom. The molecule has 0 unspecified atom stereocenters. The molecule has 0 radical (unpaired) electrons. The van der Waals surface area contributed by atoms with E-state index in [0.717, 1.165) is 16.9 Å². The minimum atomic E-state index is -2.81. The van der Waals surface area contributed by atoms with Gasteiger partial charge in [0, 0.05) is 12.0 Å². The molecule has 4 rings (SSSR count). The number of nitrogens with two attached hydrogens (primary N) is 1. The third-order valence-corrected chi connectivity index (χ3v) is 4.07. The van der Waals surface area contributed by atoms with E-state index in [1.165, 1.54) is 0 Å². The molecule has 0 atom stereocenters. The quantitative estimate of drug-likeness (QED) is 0.515. The summed E-state index contributed by atoms with van der Waals surface area (Å²) in [6.45, 7) is 0. The third kappa shape index (κ3) is 4.29. The molecule has 152 valence electrons. The molecular weight excluding hydrogens is 398 g/mol. The Labute approximate surface area is 168 Å². The largest absolute Gasteiger partial charge is 0.415 e. The summed E-state index contributed by atoms with van der Waals surface area (Å²) in [5.74, 6) is -0.347. The van der Waals surface area contributed by atoms with Gasteiger partial charge in [0.05, 0.1) is 17.6 Å². The topological polar surface area (TPSA) is 122 Å². The lowest BCUT2D eigenvalue weighted by molar-refractivity contribution is 0.116. The van der Waals surface area contributed by atoms with Crippen LogP contribution in [0.2, 0.25) is 0 Å². The Morgan fingerprint density at radius 3 is 2.43 bits per heavy atom. The molecule has 0 fully saturated rings. The first kappa shape index (κ1) is 19.2. The fourth-order valence-corrected chi connectivity index (χ4v) is 2.70. The number of alkyl halides is 2. The monoisotopic (exact) mass is 412 g/mol. The second-order valence-corrected chi connectivity index (χ2v) is 6.19. The van der Waals surface area contributed by atoms with Gasteiger partial charge in [-0.3, -0.25) is 0 Å². The SMILES string of the molecule is NC(=O)Oc1ccc(-n2cc(Cc3ccc(-c4nnc(C(F)F)o4)cc3)nn2)cc1. The van der Waals surface area contributed by atoms with E-state index in [1.54, 1.807) is 47.3 Å². The number of hydrogen-bond donors (Lipinski definition) is 1. The van der Waals surface area contributed by atoms with E-state index in [0.29, 0.717) is 17.7 Å². The predicted octanol–water partition coefficient (Wildman–Crippen LogP) is 3.30. The summed E-state index contributed by atoms with van der Waals surface area (Å²) >= 11 is 0. The molecule has 9 nitrogen and oxygen atoms in total. The lowest BCUT2D eigenvalue weighted by atomic mass is 10.1. The first-order valence-electron chi connectivity index (χ1n) is 8.68. The molecular formula is C19H14F2N6O3. The maximum Gasteiger partial charge on any atom is 0.409 e. The highest BCUT2D eigenvalue weighted by Crippen LogP contribution is 2.24. The van der Waals surface area contributed by atoms with Crippen LogP contribution in [-0.4, -0.2) is 31.3 Å². The van der Waals surface area contributed by atoms with Gasteiger partial charge in [0.15, 0.2) is 0 Å². The first-order chi connectivity index (χ1) is 14.5. The highest BCUT2D eigenvalue weighted by Gasteiger charge is 2.17. The van der Waals surface area contributed by atoms with Crippen molar-refractivity contribution in [3.05, 3.63) is 71.9 Å². The molecule has 4 aromatic rings. The van der Waals surface area contributed by atoms with Crippen molar-refractivity contribution in [1.29, 1.82) is 0 Å². The highest BCUT2D eigenvalue weighted by atomic mass is 19.3. The summed E-state index contributed by atoms with van der Waals surface area (Å²) in [5.41, 5.74) is 7.90. The number of primary amides is 1. The zero-order chi connectivity index (χ0) is 21.1. The van der Waals surface area contributed by atoms with E-state index < -0.39 is 18.4 Å². The Balaban J connectivity index is 1.43. The smallest absolute Gasteiger partial charge is 0.409 e. The van der Waals surface area contributed by atoms with Gasteiger partial charge in [0.2, 0.25) is 5.89 Å². The summed E-state index contributed by atoms with van der Waals surface area (Å²) in [6, 6.07) is 13.7. The van der Waals surface area contributed by atoms with Gasteiger partial charge >= 0.3 is 12.5 Å². The molecule has 11 heteroatoms. The van der Waals surface area contributed by atoms with Gasteiger partial charge in [0.25, 0.3) is 5.89 Å². The van der Waals surface area contributed by atoms with Gasteiger partial charge in [-0.15, -0.1) is 15.3 Å². The van der Waals surface area contributed by atoms with Crippen molar-refractivity contribution in [1.82, 2.24) is 25.2 Å². The number of amides is 1. The standard InChI is InChI=1S/C19H14F2N6O3/c20-16(21)18-25-24-17(30-18)12-3-1-11(2-4-12)9-13-10-27(26-23-13)14-5-7-15(8-6-14)29-19(22)28/h1-8,10,16H,9H2,(H2,22,28). The molecule has 0 spiro atoms. The molecule has 0 saturated carbocycles. The van der Waals surface area contributed by atoms with Crippen molar-refractivity contribution in [3.8, 4) is 22.9 Å². The zero-order valence-electron chi connectivity index (χ0n) is 15.3. The third-order valence-electron chi connectivity index (χ3n) is 4.07. The lowest BCUT2D eigenvalue weighted by Crippen LogP contribution is -2.16. The van der Waals surface area contributed by atoms with Crippen molar-refractivity contribution >= 4 is 6.09 Å². The van der Waals surface area contributed by atoms with Crippen LogP contribution in [0.15, 0.2) is 59.1 Å². The molecule has 2 N–H and O–H groups in total. The van der Waals surface area contributed by atoms with Gasteiger partial charge in [-0.25, -0.2) is 9.48 Å². The molecule has 2 heterocycles. The van der Waals surface area contributed by atoms with Gasteiger partial charge in [-0.05, 0) is 42.0 Å². The molecule has 0 aliphatic carbocycles. The van der Waals surface area contributed by atoms with Crippen LogP contribution in [0, 0.1) is 0 Å². The number of hydrogen-bond acceptors (Lipinski definition) is 7. The van der Waals surface area contributed by atoms with Crippen molar-refractivity contribution in [2.75, 3.05) is 0 Å². The number of ether oxygens (including phenoxy) is 1. The van der Waals surface area contributed by atoms with Crippen LogP contribution in [0.5, 0.6) is 5.75 Å². The first-order valence-corrected chi connectivity index (χ1v) is 8.68. The van der Waals surface area contributed by atoms with E-state index in [1.807, 2.05) is 12.1 Å². The fraction of sp³-hybridized carbons (Fsp3) is 0.105. The Kier molecular flexibility index (Phi) is 5.16. The molecule has 0 bridgehead atoms. The summed E-state index contributed by atoms with van der Waals surface area (Å²) in [6.07, 6.45) is -1.41. The average Bonchev–Trinajstić information content (AvgIpc) is 3.39. The summed E-state index contributed by atoms with van der Waals surface area (Å²) in [5, 5.41) is 15.2. The van der Waals surface area contributed by atoms with Crippen LogP contribution in [0.3, 0.4) is 0 Å². The number of carbonyl (C=O) groups excluding carboxylic acids is 1. The molecule has 0 saturated heterocycles. The summed E-state index contributed by atoms with van der Waals surface area (Å²) in [7, 11) is 0. The average molecular weight is 412 g/mol. The van der Waals surface area contributed by atoms with Gasteiger partial charge < -0.3 is 14.9 Å². The lowest BCUT2D eigenvalue weighted by Gasteiger charge is -2.03. The summed E-state index contributed by atoms with van der Waals surface area (Å²) in [4.78, 5) is 10.8. The normalized spacial score (nSPS) is 11.0. The van der Waals surface area contributed by atoms with Crippen LogP contribution in [0.1, 0.15) is 23.6 Å². The van der Waals surface area contributed by atoms with Crippen molar-refractivity contribution < 1.29 is 22.7 Å². The van der Waals surface area contributed by atoms with Crippen LogP contribution in [-0.2, 0) is 6.42 Å². The van der Waals surface area contributed by atoms with Crippen LogP contribution >= 0.6 is 0 Å². The minimum absolute atomic E-state index is 0.0338. The molecule has 1 amide bonds. The Morgan fingerprint density at radius 2 is 1.80 bits per heavy atom. The predicted molar refractivity (Wildman–Crippen MR) is 99.1 cm³/mol. The maximum atomic E-state index is 12.6. The van der Waals surface area contributed by atoms with E-state index in [2.05, 4.69) is 20.5 Å². The molecule has 0 aliphatic heterocycles.